The van der Waals surface area contributed by atoms with Crippen molar-refractivity contribution in [2.75, 3.05) is 0 Å². The first-order valence-corrected chi connectivity index (χ1v) is 6.40. The predicted molar refractivity (Wildman–Crippen MR) is 72.5 cm³/mol. The lowest BCUT2D eigenvalue weighted by Gasteiger charge is -2.32. The molecule has 0 spiro atoms. The van der Waals surface area contributed by atoms with E-state index < -0.39 is 30.2 Å². The van der Waals surface area contributed by atoms with Crippen LogP contribution in [-0.4, -0.2) is 23.3 Å². The lowest BCUT2D eigenvalue weighted by atomic mass is 9.75. The number of hydrogen-bond donors (Lipinski definition) is 1. The van der Waals surface area contributed by atoms with Gasteiger partial charge in [0.1, 0.15) is 5.82 Å². The molecule has 4 nitrogen and oxygen atoms in total. The van der Waals surface area contributed by atoms with Gasteiger partial charge in [0.15, 0.2) is 0 Å². The van der Waals surface area contributed by atoms with E-state index in [4.69, 9.17) is 15.0 Å². The van der Waals surface area contributed by atoms with Crippen LogP contribution in [0.15, 0.2) is 12.4 Å². The second kappa shape index (κ2) is 4.54. The van der Waals surface area contributed by atoms with E-state index in [1.165, 1.54) is 0 Å². The third-order valence-corrected chi connectivity index (χ3v) is 3.93. The summed E-state index contributed by atoms with van der Waals surface area (Å²) in [6, 6.07) is -0.447. The van der Waals surface area contributed by atoms with Crippen LogP contribution in [0.2, 0.25) is 0 Å². The first-order valence-electron chi connectivity index (χ1n) is 6.40. The predicted octanol–water partition coefficient (Wildman–Crippen LogP) is 1.54. The van der Waals surface area contributed by atoms with Gasteiger partial charge in [-0.15, -0.1) is 0 Å². The average Bonchev–Trinajstić information content (AvgIpc) is 2.47. The minimum atomic E-state index is -0.644. The van der Waals surface area contributed by atoms with E-state index in [1.807, 2.05) is 27.7 Å². The zero-order valence-corrected chi connectivity index (χ0v) is 12.0. The molecule has 0 bridgehead atoms. The van der Waals surface area contributed by atoms with Gasteiger partial charge in [0.05, 0.1) is 17.4 Å². The molecular formula is C13H20BFN2O2. The van der Waals surface area contributed by atoms with Crippen LogP contribution in [-0.2, 0) is 9.31 Å². The van der Waals surface area contributed by atoms with E-state index >= 15 is 0 Å². The summed E-state index contributed by atoms with van der Waals surface area (Å²) in [5.41, 5.74) is 5.85. The molecule has 19 heavy (non-hydrogen) atoms. The Morgan fingerprint density at radius 1 is 1.21 bits per heavy atom. The number of nitrogens with zero attached hydrogens (tertiary/aromatic N) is 1. The standard InChI is InChI=1S/C13H20BFN2O2/c1-8(16)11-9(6-17-7-10(11)15)14-18-12(2,3)13(4,5)19-14/h6-8H,16H2,1-5H3. The maximum Gasteiger partial charge on any atom is 0.496 e. The molecule has 0 aromatic carbocycles. The molecule has 0 amide bonds. The zero-order valence-electron chi connectivity index (χ0n) is 12.0. The van der Waals surface area contributed by atoms with Crippen molar-refractivity contribution in [3.63, 3.8) is 0 Å². The second-order valence-corrected chi connectivity index (χ2v) is 6.00. The fourth-order valence-electron chi connectivity index (χ4n) is 2.10. The largest absolute Gasteiger partial charge is 0.496 e. The van der Waals surface area contributed by atoms with Crippen molar-refractivity contribution < 1.29 is 13.7 Å². The van der Waals surface area contributed by atoms with Gasteiger partial charge in [-0.2, -0.15) is 0 Å². The Morgan fingerprint density at radius 3 is 2.21 bits per heavy atom. The van der Waals surface area contributed by atoms with E-state index in [0.717, 1.165) is 6.20 Å². The van der Waals surface area contributed by atoms with Crippen molar-refractivity contribution in [2.45, 2.75) is 51.9 Å². The van der Waals surface area contributed by atoms with Crippen LogP contribution >= 0.6 is 0 Å². The lowest BCUT2D eigenvalue weighted by molar-refractivity contribution is 0.00578. The summed E-state index contributed by atoms with van der Waals surface area (Å²) >= 11 is 0. The molecule has 0 saturated carbocycles. The van der Waals surface area contributed by atoms with Crippen LogP contribution < -0.4 is 11.2 Å². The summed E-state index contributed by atoms with van der Waals surface area (Å²) in [6.45, 7) is 9.53. The summed E-state index contributed by atoms with van der Waals surface area (Å²) in [7, 11) is -0.644. The maximum atomic E-state index is 13.9. The first kappa shape index (κ1) is 14.4. The number of rotatable bonds is 2. The normalized spacial score (nSPS) is 22.6. The molecule has 1 aromatic heterocycles. The van der Waals surface area contributed by atoms with E-state index in [1.54, 1.807) is 13.1 Å². The molecule has 1 aromatic rings. The van der Waals surface area contributed by atoms with E-state index in [-0.39, 0.29) is 0 Å². The van der Waals surface area contributed by atoms with Crippen LogP contribution in [0.3, 0.4) is 0 Å². The van der Waals surface area contributed by atoms with Crippen LogP contribution in [0.5, 0.6) is 0 Å². The summed E-state index contributed by atoms with van der Waals surface area (Å²) < 4.78 is 25.7. The lowest BCUT2D eigenvalue weighted by Crippen LogP contribution is -2.41. The molecule has 2 heterocycles. The van der Waals surface area contributed by atoms with Crippen molar-refractivity contribution in [3.8, 4) is 0 Å². The van der Waals surface area contributed by atoms with Crippen molar-refractivity contribution in [3.05, 3.63) is 23.8 Å². The average molecular weight is 266 g/mol. The smallest absolute Gasteiger partial charge is 0.399 e. The first-order chi connectivity index (χ1) is 8.66. The highest BCUT2D eigenvalue weighted by Crippen LogP contribution is 2.36. The van der Waals surface area contributed by atoms with Crippen molar-refractivity contribution in [1.82, 2.24) is 4.98 Å². The fraction of sp³-hybridized carbons (Fsp3) is 0.615. The number of nitrogens with two attached hydrogens (primary N) is 1. The van der Waals surface area contributed by atoms with Gasteiger partial charge in [-0.1, -0.05) is 0 Å². The molecule has 1 aliphatic heterocycles. The maximum absolute atomic E-state index is 13.9. The SMILES string of the molecule is CC(N)c1c(F)cncc1B1OC(C)(C)C(C)(C)O1. The Morgan fingerprint density at radius 2 is 1.74 bits per heavy atom. The van der Waals surface area contributed by atoms with Gasteiger partial charge < -0.3 is 15.0 Å². The van der Waals surface area contributed by atoms with Gasteiger partial charge in [0, 0.05) is 23.3 Å². The van der Waals surface area contributed by atoms with Crippen LogP contribution in [0.4, 0.5) is 4.39 Å². The molecule has 1 unspecified atom stereocenters. The van der Waals surface area contributed by atoms with Gasteiger partial charge in [0.2, 0.25) is 0 Å². The Kier molecular flexibility index (Phi) is 3.45. The van der Waals surface area contributed by atoms with Gasteiger partial charge in [0.25, 0.3) is 0 Å². The van der Waals surface area contributed by atoms with E-state index in [9.17, 15) is 4.39 Å². The number of pyridine rings is 1. The van der Waals surface area contributed by atoms with Gasteiger partial charge in [-0.05, 0) is 34.6 Å². The molecule has 1 aliphatic rings. The summed E-state index contributed by atoms with van der Waals surface area (Å²) in [5.74, 6) is -0.429. The van der Waals surface area contributed by atoms with Crippen LogP contribution in [0.1, 0.15) is 46.2 Å². The molecule has 2 rings (SSSR count). The summed E-state index contributed by atoms with van der Waals surface area (Å²) in [4.78, 5) is 3.88. The number of hydrogen-bond acceptors (Lipinski definition) is 4. The zero-order chi connectivity index (χ0) is 14.4. The molecule has 1 fully saturated rings. The number of halogens is 1. The minimum Gasteiger partial charge on any atom is -0.399 e. The van der Waals surface area contributed by atoms with Crippen LogP contribution in [0.25, 0.3) is 0 Å². The third-order valence-electron chi connectivity index (χ3n) is 3.93. The molecule has 104 valence electrons. The summed E-state index contributed by atoms with van der Waals surface area (Å²) in [5, 5.41) is 0. The van der Waals surface area contributed by atoms with Crippen molar-refractivity contribution >= 4 is 12.6 Å². The topological polar surface area (TPSA) is 57.4 Å². The Labute approximate surface area is 113 Å². The molecule has 2 N–H and O–H groups in total. The fourth-order valence-corrected chi connectivity index (χ4v) is 2.10. The molecule has 1 atom stereocenters. The van der Waals surface area contributed by atoms with Crippen molar-refractivity contribution in [2.24, 2.45) is 5.73 Å². The Hall–Kier alpha value is -0.975. The molecule has 6 heteroatoms. The van der Waals surface area contributed by atoms with Gasteiger partial charge in [-0.25, -0.2) is 4.39 Å². The molecule has 1 saturated heterocycles. The molecular weight excluding hydrogens is 246 g/mol. The summed E-state index contributed by atoms with van der Waals surface area (Å²) in [6.07, 6.45) is 2.72. The highest BCUT2D eigenvalue weighted by Gasteiger charge is 2.52. The third kappa shape index (κ3) is 2.40. The Bertz CT molecular complexity index is 476. The van der Waals surface area contributed by atoms with E-state index in [0.29, 0.717) is 11.0 Å². The molecule has 0 radical (unpaired) electrons. The highest BCUT2D eigenvalue weighted by molar-refractivity contribution is 6.62. The minimum absolute atomic E-state index is 0.397. The second-order valence-electron chi connectivity index (χ2n) is 6.00. The monoisotopic (exact) mass is 266 g/mol. The van der Waals surface area contributed by atoms with Crippen LogP contribution in [0, 0.1) is 5.82 Å². The molecule has 0 aliphatic carbocycles. The Balaban J connectivity index is 2.43. The van der Waals surface area contributed by atoms with Crippen molar-refractivity contribution in [1.29, 1.82) is 0 Å². The quantitative estimate of drug-likeness (QED) is 0.825. The highest BCUT2D eigenvalue weighted by atomic mass is 19.1. The number of aromatic nitrogens is 1. The van der Waals surface area contributed by atoms with Gasteiger partial charge >= 0.3 is 7.12 Å². The van der Waals surface area contributed by atoms with Gasteiger partial charge in [-0.3, -0.25) is 4.98 Å². The van der Waals surface area contributed by atoms with E-state index in [2.05, 4.69) is 4.98 Å².